The Labute approximate surface area is 95.1 Å². The number of carbonyl (C=O) groups excluding carboxylic acids is 1. The van der Waals surface area contributed by atoms with Gasteiger partial charge in [0.05, 0.1) is 7.11 Å². The Kier molecular flexibility index (Phi) is 2.52. The Bertz CT molecular complexity index is 528. The number of rotatable bonds is 1. The number of aryl methyl sites for hydroxylation is 1. The number of hydrogen-bond donors (Lipinski definition) is 0. The van der Waals surface area contributed by atoms with Gasteiger partial charge in [-0.2, -0.15) is 0 Å². The van der Waals surface area contributed by atoms with Crippen molar-refractivity contribution in [2.75, 3.05) is 7.11 Å². The van der Waals surface area contributed by atoms with Gasteiger partial charge in [0.15, 0.2) is 0 Å². The van der Waals surface area contributed by atoms with E-state index < -0.39 is 0 Å². The molecule has 0 saturated carbocycles. The zero-order chi connectivity index (χ0) is 11.0. The number of furan rings is 1. The topological polar surface area (TPSA) is 39.4 Å². The van der Waals surface area contributed by atoms with E-state index in [1.807, 2.05) is 19.1 Å². The molecule has 15 heavy (non-hydrogen) atoms. The van der Waals surface area contributed by atoms with Crippen LogP contribution in [-0.2, 0) is 4.74 Å². The lowest BCUT2D eigenvalue weighted by atomic mass is 10.1. The van der Waals surface area contributed by atoms with Crippen molar-refractivity contribution in [2.45, 2.75) is 6.92 Å². The fraction of sp³-hybridized carbons (Fsp3) is 0.182. The zero-order valence-corrected chi connectivity index (χ0v) is 9.92. The highest BCUT2D eigenvalue weighted by molar-refractivity contribution is 9.10. The molecule has 0 N–H and O–H groups in total. The molecule has 1 heterocycles. The van der Waals surface area contributed by atoms with E-state index in [0.717, 1.165) is 21.0 Å². The normalized spacial score (nSPS) is 10.6. The maximum absolute atomic E-state index is 11.4. The molecule has 0 unspecified atom stereocenters. The number of halogens is 1. The number of hydrogen-bond acceptors (Lipinski definition) is 3. The molecule has 0 bridgehead atoms. The van der Waals surface area contributed by atoms with E-state index in [4.69, 9.17) is 4.42 Å². The standard InChI is InChI=1S/C11H9BrO3/c1-6-3-7(12)4-8-9(11(13)14-2)5-15-10(6)8/h3-5H,1-2H3. The van der Waals surface area contributed by atoms with E-state index in [1.165, 1.54) is 13.4 Å². The molecular formula is C11H9BrO3. The van der Waals surface area contributed by atoms with Gasteiger partial charge in [-0.3, -0.25) is 0 Å². The van der Waals surface area contributed by atoms with Gasteiger partial charge >= 0.3 is 5.97 Å². The zero-order valence-electron chi connectivity index (χ0n) is 8.33. The Morgan fingerprint density at radius 3 is 2.87 bits per heavy atom. The molecule has 0 spiro atoms. The van der Waals surface area contributed by atoms with Gasteiger partial charge in [-0.05, 0) is 24.6 Å². The van der Waals surface area contributed by atoms with Crippen LogP contribution in [0.2, 0.25) is 0 Å². The van der Waals surface area contributed by atoms with E-state index in [-0.39, 0.29) is 5.97 Å². The number of methoxy groups -OCH3 is 1. The molecule has 2 aromatic rings. The van der Waals surface area contributed by atoms with Crippen LogP contribution in [0.3, 0.4) is 0 Å². The molecule has 1 aromatic carbocycles. The van der Waals surface area contributed by atoms with Gasteiger partial charge in [-0.1, -0.05) is 15.9 Å². The van der Waals surface area contributed by atoms with Crippen molar-refractivity contribution in [1.82, 2.24) is 0 Å². The van der Waals surface area contributed by atoms with Crippen LogP contribution in [0.1, 0.15) is 15.9 Å². The van der Waals surface area contributed by atoms with Gasteiger partial charge in [0.2, 0.25) is 0 Å². The van der Waals surface area contributed by atoms with Crippen molar-refractivity contribution in [3.8, 4) is 0 Å². The van der Waals surface area contributed by atoms with Crippen LogP contribution >= 0.6 is 15.9 Å². The predicted octanol–water partition coefficient (Wildman–Crippen LogP) is 3.29. The maximum atomic E-state index is 11.4. The Balaban J connectivity index is 2.74. The van der Waals surface area contributed by atoms with Crippen molar-refractivity contribution in [2.24, 2.45) is 0 Å². The molecule has 3 nitrogen and oxygen atoms in total. The minimum atomic E-state index is -0.383. The highest BCUT2D eigenvalue weighted by Crippen LogP contribution is 2.28. The average Bonchev–Trinajstić information content (AvgIpc) is 2.60. The molecule has 1 aromatic heterocycles. The molecule has 4 heteroatoms. The van der Waals surface area contributed by atoms with Crippen LogP contribution in [0.4, 0.5) is 0 Å². The van der Waals surface area contributed by atoms with Crippen molar-refractivity contribution in [3.63, 3.8) is 0 Å². The predicted molar refractivity (Wildman–Crippen MR) is 60.0 cm³/mol. The van der Waals surface area contributed by atoms with Crippen molar-refractivity contribution in [3.05, 3.63) is 34.0 Å². The fourth-order valence-corrected chi connectivity index (χ4v) is 2.11. The van der Waals surface area contributed by atoms with Crippen LogP contribution in [0.15, 0.2) is 27.3 Å². The summed E-state index contributed by atoms with van der Waals surface area (Å²) < 4.78 is 10.9. The van der Waals surface area contributed by atoms with E-state index in [1.54, 1.807) is 0 Å². The van der Waals surface area contributed by atoms with Gasteiger partial charge in [0, 0.05) is 9.86 Å². The summed E-state index contributed by atoms with van der Waals surface area (Å²) in [6, 6.07) is 3.78. The van der Waals surface area contributed by atoms with Crippen molar-refractivity contribution < 1.29 is 13.9 Å². The third-order valence-electron chi connectivity index (χ3n) is 2.23. The van der Waals surface area contributed by atoms with Gasteiger partial charge in [0.25, 0.3) is 0 Å². The smallest absolute Gasteiger partial charge is 0.341 e. The second-order valence-corrected chi connectivity index (χ2v) is 4.16. The van der Waals surface area contributed by atoms with Gasteiger partial charge in [-0.25, -0.2) is 4.79 Å². The van der Waals surface area contributed by atoms with E-state index in [2.05, 4.69) is 20.7 Å². The molecule has 0 fully saturated rings. The van der Waals surface area contributed by atoms with Crippen LogP contribution in [0.25, 0.3) is 11.0 Å². The molecule has 0 radical (unpaired) electrons. The van der Waals surface area contributed by atoms with E-state index in [0.29, 0.717) is 5.56 Å². The first kappa shape index (κ1) is 10.2. The maximum Gasteiger partial charge on any atom is 0.341 e. The van der Waals surface area contributed by atoms with Crippen LogP contribution in [0, 0.1) is 6.92 Å². The molecule has 0 aliphatic heterocycles. The number of fused-ring (bicyclic) bond motifs is 1. The van der Waals surface area contributed by atoms with Crippen LogP contribution < -0.4 is 0 Å². The molecule has 78 valence electrons. The lowest BCUT2D eigenvalue weighted by molar-refractivity contribution is 0.0602. The fourth-order valence-electron chi connectivity index (χ4n) is 1.54. The van der Waals surface area contributed by atoms with Crippen molar-refractivity contribution in [1.29, 1.82) is 0 Å². The third-order valence-corrected chi connectivity index (χ3v) is 2.69. The van der Waals surface area contributed by atoms with Crippen LogP contribution in [-0.4, -0.2) is 13.1 Å². The molecule has 0 aliphatic carbocycles. The highest BCUT2D eigenvalue weighted by Gasteiger charge is 2.15. The summed E-state index contributed by atoms with van der Waals surface area (Å²) in [5.74, 6) is -0.383. The Morgan fingerprint density at radius 2 is 2.20 bits per heavy atom. The first-order chi connectivity index (χ1) is 7.13. The molecule has 0 saturated heterocycles. The molecule has 2 rings (SSSR count). The quantitative estimate of drug-likeness (QED) is 0.746. The first-order valence-electron chi connectivity index (χ1n) is 4.39. The summed E-state index contributed by atoms with van der Waals surface area (Å²) in [6.07, 6.45) is 1.43. The second-order valence-electron chi connectivity index (χ2n) is 3.24. The monoisotopic (exact) mass is 268 g/mol. The summed E-state index contributed by atoms with van der Waals surface area (Å²) in [6.45, 7) is 1.93. The lowest BCUT2D eigenvalue weighted by Crippen LogP contribution is -1.99. The van der Waals surface area contributed by atoms with Gasteiger partial charge < -0.3 is 9.15 Å². The van der Waals surface area contributed by atoms with Gasteiger partial charge in [0.1, 0.15) is 17.4 Å². The summed E-state index contributed by atoms with van der Waals surface area (Å²) >= 11 is 3.38. The third kappa shape index (κ3) is 1.65. The minimum Gasteiger partial charge on any atom is -0.465 e. The SMILES string of the molecule is COC(=O)c1coc2c(C)cc(Br)cc12. The van der Waals surface area contributed by atoms with Crippen LogP contribution in [0.5, 0.6) is 0 Å². The summed E-state index contributed by atoms with van der Waals surface area (Å²) in [5.41, 5.74) is 2.16. The molecule has 0 atom stereocenters. The second kappa shape index (κ2) is 3.70. The van der Waals surface area contributed by atoms with Gasteiger partial charge in [-0.15, -0.1) is 0 Å². The van der Waals surface area contributed by atoms with E-state index in [9.17, 15) is 4.79 Å². The lowest BCUT2D eigenvalue weighted by Gasteiger charge is -1.98. The largest absolute Gasteiger partial charge is 0.465 e. The number of carbonyl (C=O) groups is 1. The summed E-state index contributed by atoms with van der Waals surface area (Å²) in [7, 11) is 1.35. The minimum absolute atomic E-state index is 0.383. The Morgan fingerprint density at radius 1 is 1.47 bits per heavy atom. The number of esters is 1. The average molecular weight is 269 g/mol. The Hall–Kier alpha value is -1.29. The summed E-state index contributed by atoms with van der Waals surface area (Å²) in [4.78, 5) is 11.4. The first-order valence-corrected chi connectivity index (χ1v) is 5.18. The van der Waals surface area contributed by atoms with E-state index >= 15 is 0 Å². The summed E-state index contributed by atoms with van der Waals surface area (Å²) in [5, 5.41) is 0.772. The van der Waals surface area contributed by atoms with Crippen molar-refractivity contribution >= 4 is 32.9 Å². The molecular weight excluding hydrogens is 260 g/mol. The molecule has 0 aliphatic rings. The number of benzene rings is 1. The highest BCUT2D eigenvalue weighted by atomic mass is 79.9. The molecule has 0 amide bonds. The number of ether oxygens (including phenoxy) is 1.